The van der Waals surface area contributed by atoms with Gasteiger partial charge in [0.15, 0.2) is 0 Å². The van der Waals surface area contributed by atoms with E-state index in [1.165, 1.54) is 24.1 Å². The van der Waals surface area contributed by atoms with E-state index in [0.717, 1.165) is 9.87 Å². The van der Waals surface area contributed by atoms with Gasteiger partial charge < -0.3 is 9.64 Å². The van der Waals surface area contributed by atoms with Crippen LogP contribution in [0.15, 0.2) is 53.4 Å². The summed E-state index contributed by atoms with van der Waals surface area (Å²) in [4.78, 5) is 13.6. The summed E-state index contributed by atoms with van der Waals surface area (Å²) in [5.41, 5.74) is 1.45. The number of hydrogen-bond acceptors (Lipinski definition) is 4. The fraction of sp³-hybridized carbons (Fsp3) is 0.278. The highest BCUT2D eigenvalue weighted by molar-refractivity contribution is 7.92. The van der Waals surface area contributed by atoms with Crippen LogP contribution in [0.5, 0.6) is 5.75 Å². The number of aryl methyl sites for hydroxylation is 1. The van der Waals surface area contributed by atoms with Gasteiger partial charge in [-0.25, -0.2) is 8.42 Å². The van der Waals surface area contributed by atoms with E-state index in [1.807, 2.05) is 19.1 Å². The Balaban J connectivity index is 2.48. The summed E-state index contributed by atoms with van der Waals surface area (Å²) in [6.07, 6.45) is 0. The van der Waals surface area contributed by atoms with Crippen LogP contribution in [0.4, 0.5) is 5.69 Å². The van der Waals surface area contributed by atoms with E-state index in [-0.39, 0.29) is 17.3 Å². The number of likely N-dealkylation sites (N-methyl/N-ethyl adjacent to an activating group) is 1. The minimum atomic E-state index is -3.89. The Labute approximate surface area is 148 Å². The fourth-order valence-electron chi connectivity index (χ4n) is 2.17. The molecule has 0 atom stereocenters. The smallest absolute Gasteiger partial charge is 0.264 e. The molecule has 0 saturated heterocycles. The zero-order valence-corrected chi connectivity index (χ0v) is 15.6. The lowest BCUT2D eigenvalue weighted by Crippen LogP contribution is -2.40. The number of sulfonamides is 1. The molecular weight excluding hydrogens is 340 g/mol. The van der Waals surface area contributed by atoms with Crippen molar-refractivity contribution in [3.63, 3.8) is 0 Å². The number of anilines is 1. The van der Waals surface area contributed by atoms with Crippen molar-refractivity contribution >= 4 is 21.6 Å². The van der Waals surface area contributed by atoms with Crippen LogP contribution in [-0.4, -0.2) is 47.0 Å². The van der Waals surface area contributed by atoms with Crippen molar-refractivity contribution in [2.24, 2.45) is 0 Å². The van der Waals surface area contributed by atoms with Crippen molar-refractivity contribution in [1.82, 2.24) is 4.90 Å². The minimum Gasteiger partial charge on any atom is -0.497 e. The molecule has 0 unspecified atom stereocenters. The molecule has 0 saturated carbocycles. The number of carbonyl (C=O) groups is 1. The van der Waals surface area contributed by atoms with E-state index >= 15 is 0 Å². The van der Waals surface area contributed by atoms with Crippen molar-refractivity contribution in [3.8, 4) is 5.75 Å². The zero-order valence-electron chi connectivity index (χ0n) is 14.8. The summed E-state index contributed by atoms with van der Waals surface area (Å²) in [6, 6.07) is 13.1. The number of nitrogens with zero attached hydrogens (tertiary/aromatic N) is 2. The van der Waals surface area contributed by atoms with Gasteiger partial charge in [-0.15, -0.1) is 0 Å². The fourth-order valence-corrected chi connectivity index (χ4v) is 3.58. The van der Waals surface area contributed by atoms with Gasteiger partial charge in [0.05, 0.1) is 17.7 Å². The summed E-state index contributed by atoms with van der Waals surface area (Å²) in [5.74, 6) is 0.253. The Kier molecular flexibility index (Phi) is 5.69. The molecule has 0 bridgehead atoms. The third-order valence-electron chi connectivity index (χ3n) is 3.75. The van der Waals surface area contributed by atoms with Gasteiger partial charge in [-0.3, -0.25) is 9.10 Å². The molecule has 0 aliphatic rings. The van der Waals surface area contributed by atoms with Gasteiger partial charge in [0, 0.05) is 14.1 Å². The van der Waals surface area contributed by atoms with Crippen LogP contribution < -0.4 is 9.04 Å². The van der Waals surface area contributed by atoms with Crippen LogP contribution in [0.1, 0.15) is 5.56 Å². The van der Waals surface area contributed by atoms with Crippen molar-refractivity contribution in [1.29, 1.82) is 0 Å². The molecule has 0 heterocycles. The molecule has 2 aromatic carbocycles. The van der Waals surface area contributed by atoms with Crippen molar-refractivity contribution in [2.75, 3.05) is 32.1 Å². The van der Waals surface area contributed by atoms with Crippen LogP contribution in [0.2, 0.25) is 0 Å². The third kappa shape index (κ3) is 4.30. The Bertz CT molecular complexity index is 828. The number of benzene rings is 2. The average Bonchev–Trinajstić information content (AvgIpc) is 2.60. The molecular formula is C18H22N2O4S. The predicted octanol–water partition coefficient (Wildman–Crippen LogP) is 2.29. The summed E-state index contributed by atoms with van der Waals surface area (Å²) < 4.78 is 32.4. The quantitative estimate of drug-likeness (QED) is 0.791. The summed E-state index contributed by atoms with van der Waals surface area (Å²) >= 11 is 0. The van der Waals surface area contributed by atoms with E-state index in [1.54, 1.807) is 38.4 Å². The third-order valence-corrected chi connectivity index (χ3v) is 5.54. The number of ether oxygens (including phenoxy) is 1. The molecule has 0 aromatic heterocycles. The largest absolute Gasteiger partial charge is 0.497 e. The van der Waals surface area contributed by atoms with Crippen LogP contribution in [0.3, 0.4) is 0 Å². The average molecular weight is 362 g/mol. The zero-order chi connectivity index (χ0) is 18.6. The van der Waals surface area contributed by atoms with Crippen molar-refractivity contribution < 1.29 is 17.9 Å². The Hall–Kier alpha value is -2.54. The first-order valence-electron chi connectivity index (χ1n) is 7.69. The topological polar surface area (TPSA) is 66.9 Å². The molecule has 2 aromatic rings. The van der Waals surface area contributed by atoms with E-state index in [2.05, 4.69) is 0 Å². The predicted molar refractivity (Wildman–Crippen MR) is 97.4 cm³/mol. The van der Waals surface area contributed by atoms with E-state index in [0.29, 0.717) is 11.4 Å². The molecule has 0 aliphatic carbocycles. The van der Waals surface area contributed by atoms with Gasteiger partial charge in [-0.05, 0) is 43.3 Å². The number of hydrogen-bond donors (Lipinski definition) is 0. The molecule has 0 radical (unpaired) electrons. The van der Waals surface area contributed by atoms with Gasteiger partial charge in [-0.1, -0.05) is 17.7 Å². The highest BCUT2D eigenvalue weighted by atomic mass is 32.2. The maximum Gasteiger partial charge on any atom is 0.264 e. The number of carbonyl (C=O) groups excluding carboxylic acids is 1. The highest BCUT2D eigenvalue weighted by Crippen LogP contribution is 2.25. The van der Waals surface area contributed by atoms with Crippen LogP contribution in [-0.2, 0) is 14.8 Å². The first-order chi connectivity index (χ1) is 11.8. The van der Waals surface area contributed by atoms with Gasteiger partial charge in [0.25, 0.3) is 10.0 Å². The molecule has 0 fully saturated rings. The maximum absolute atomic E-state index is 13.1. The van der Waals surface area contributed by atoms with E-state index < -0.39 is 10.0 Å². The minimum absolute atomic E-state index is 0.0976. The number of methoxy groups -OCH3 is 1. The Morgan fingerprint density at radius 2 is 1.56 bits per heavy atom. The summed E-state index contributed by atoms with van der Waals surface area (Å²) in [6.45, 7) is 1.64. The second-order valence-corrected chi connectivity index (χ2v) is 7.67. The van der Waals surface area contributed by atoms with E-state index in [4.69, 9.17) is 4.74 Å². The second kappa shape index (κ2) is 7.57. The number of rotatable bonds is 6. The first-order valence-corrected chi connectivity index (χ1v) is 9.13. The van der Waals surface area contributed by atoms with Gasteiger partial charge in [-0.2, -0.15) is 0 Å². The van der Waals surface area contributed by atoms with Crippen LogP contribution >= 0.6 is 0 Å². The monoisotopic (exact) mass is 362 g/mol. The molecule has 7 heteroatoms. The first kappa shape index (κ1) is 18.8. The Morgan fingerprint density at radius 1 is 1.00 bits per heavy atom. The standard InChI is InChI=1S/C18H22N2O4S/c1-14-5-7-15(8-6-14)20(13-18(21)19(2)3)25(22,23)17-11-9-16(24-4)10-12-17/h5-12H,13H2,1-4H3. The highest BCUT2D eigenvalue weighted by Gasteiger charge is 2.27. The van der Waals surface area contributed by atoms with E-state index in [9.17, 15) is 13.2 Å². The van der Waals surface area contributed by atoms with Crippen LogP contribution in [0.25, 0.3) is 0 Å². The molecule has 134 valence electrons. The SMILES string of the molecule is COc1ccc(S(=O)(=O)N(CC(=O)N(C)C)c2ccc(C)cc2)cc1. The van der Waals surface area contributed by atoms with Gasteiger partial charge in [0.1, 0.15) is 12.3 Å². The lowest BCUT2D eigenvalue weighted by molar-refractivity contribution is -0.127. The molecule has 25 heavy (non-hydrogen) atoms. The molecule has 0 aliphatic heterocycles. The molecule has 0 spiro atoms. The van der Waals surface area contributed by atoms with Crippen LogP contribution in [0, 0.1) is 6.92 Å². The van der Waals surface area contributed by atoms with Gasteiger partial charge in [0.2, 0.25) is 5.91 Å². The lowest BCUT2D eigenvalue weighted by atomic mass is 10.2. The molecule has 0 N–H and O–H groups in total. The second-order valence-electron chi connectivity index (χ2n) is 5.81. The maximum atomic E-state index is 13.1. The Morgan fingerprint density at radius 3 is 2.04 bits per heavy atom. The molecule has 2 rings (SSSR count). The number of amides is 1. The van der Waals surface area contributed by atoms with Crippen molar-refractivity contribution in [3.05, 3.63) is 54.1 Å². The lowest BCUT2D eigenvalue weighted by Gasteiger charge is -2.25. The normalized spacial score (nSPS) is 11.0. The van der Waals surface area contributed by atoms with Crippen molar-refractivity contribution in [2.45, 2.75) is 11.8 Å². The molecule has 6 nitrogen and oxygen atoms in total. The molecule has 1 amide bonds. The summed E-state index contributed by atoms with van der Waals surface area (Å²) in [7, 11) is 0.807. The van der Waals surface area contributed by atoms with Gasteiger partial charge >= 0.3 is 0 Å². The summed E-state index contributed by atoms with van der Waals surface area (Å²) in [5, 5.41) is 0.